The molecule has 3 atom stereocenters. The van der Waals surface area contributed by atoms with Crippen molar-refractivity contribution < 1.29 is 4.42 Å². The third-order valence-corrected chi connectivity index (χ3v) is 4.65. The molecule has 1 aliphatic heterocycles. The normalized spacial score (nSPS) is 30.5. The third-order valence-electron chi connectivity index (χ3n) is 4.65. The van der Waals surface area contributed by atoms with E-state index >= 15 is 0 Å². The summed E-state index contributed by atoms with van der Waals surface area (Å²) in [5, 5.41) is 3.73. The Bertz CT molecular complexity index is 427. The number of piperazine rings is 1. The van der Waals surface area contributed by atoms with Gasteiger partial charge >= 0.3 is 0 Å². The molecule has 3 unspecified atom stereocenters. The monoisotopic (exact) mass is 263 g/mol. The third kappa shape index (κ3) is 2.70. The van der Waals surface area contributed by atoms with Gasteiger partial charge in [0.15, 0.2) is 0 Å². The quantitative estimate of drug-likeness (QED) is 0.906. The zero-order valence-corrected chi connectivity index (χ0v) is 12.2. The molecule has 0 bridgehead atoms. The summed E-state index contributed by atoms with van der Waals surface area (Å²) in [5.74, 6) is 2.68. The average Bonchev–Trinajstić information content (AvgIpc) is 3.19. The largest absolute Gasteiger partial charge is 0.444 e. The first-order chi connectivity index (χ1) is 9.19. The Hall–Kier alpha value is -0.870. The predicted octanol–water partition coefficient (Wildman–Crippen LogP) is 2.51. The Morgan fingerprint density at radius 3 is 2.89 bits per heavy atom. The van der Waals surface area contributed by atoms with Crippen molar-refractivity contribution in [2.45, 2.75) is 58.2 Å². The van der Waals surface area contributed by atoms with Gasteiger partial charge in [-0.2, -0.15) is 0 Å². The highest BCUT2D eigenvalue weighted by atomic mass is 16.4. The maximum Gasteiger partial charge on any atom is 0.211 e. The van der Waals surface area contributed by atoms with Crippen LogP contribution >= 0.6 is 0 Å². The van der Waals surface area contributed by atoms with E-state index in [2.05, 4.69) is 29.0 Å². The highest BCUT2D eigenvalue weighted by molar-refractivity contribution is 5.01. The summed E-state index contributed by atoms with van der Waals surface area (Å²) in [6.45, 7) is 8.69. The van der Waals surface area contributed by atoms with Crippen LogP contribution in [0.3, 0.4) is 0 Å². The molecule has 2 heterocycles. The lowest BCUT2D eigenvalue weighted by molar-refractivity contribution is 0.0678. The van der Waals surface area contributed by atoms with E-state index in [0.717, 1.165) is 30.7 Å². The highest BCUT2D eigenvalue weighted by Crippen LogP contribution is 2.36. The van der Waals surface area contributed by atoms with E-state index in [0.29, 0.717) is 12.1 Å². The van der Waals surface area contributed by atoms with Gasteiger partial charge in [0.05, 0.1) is 12.2 Å². The number of rotatable bonds is 4. The Balaban J connectivity index is 1.74. The molecule has 0 radical (unpaired) electrons. The van der Waals surface area contributed by atoms with Crippen LogP contribution in [0, 0.1) is 12.8 Å². The van der Waals surface area contributed by atoms with Gasteiger partial charge in [-0.15, -0.1) is 0 Å². The van der Waals surface area contributed by atoms with Crippen LogP contribution in [0.15, 0.2) is 10.6 Å². The summed E-state index contributed by atoms with van der Waals surface area (Å²) in [5.41, 5.74) is 0. The van der Waals surface area contributed by atoms with Crippen LogP contribution in [0.2, 0.25) is 0 Å². The number of hydrogen-bond donors (Lipinski definition) is 1. The summed E-state index contributed by atoms with van der Waals surface area (Å²) < 4.78 is 5.73. The minimum atomic E-state index is 0.280. The van der Waals surface area contributed by atoms with Crippen molar-refractivity contribution in [1.82, 2.24) is 15.2 Å². The molecule has 2 fully saturated rings. The Kier molecular flexibility index (Phi) is 3.63. The Morgan fingerprint density at radius 1 is 1.53 bits per heavy atom. The second kappa shape index (κ2) is 5.25. The summed E-state index contributed by atoms with van der Waals surface area (Å²) in [6, 6.07) is 1.54. The Labute approximate surface area is 115 Å². The van der Waals surface area contributed by atoms with Crippen LogP contribution in [-0.2, 0) is 0 Å². The molecule has 1 saturated heterocycles. The van der Waals surface area contributed by atoms with Crippen molar-refractivity contribution in [3.05, 3.63) is 17.8 Å². The first kappa shape index (κ1) is 13.1. The van der Waals surface area contributed by atoms with Crippen molar-refractivity contribution in [3.8, 4) is 0 Å². The first-order valence-electron chi connectivity index (χ1n) is 7.60. The van der Waals surface area contributed by atoms with E-state index in [1.54, 1.807) is 0 Å². The molecule has 1 saturated carbocycles. The lowest BCUT2D eigenvalue weighted by Crippen LogP contribution is -2.57. The van der Waals surface area contributed by atoms with Gasteiger partial charge in [-0.3, -0.25) is 4.90 Å². The van der Waals surface area contributed by atoms with Crippen LogP contribution < -0.4 is 5.32 Å². The van der Waals surface area contributed by atoms with Gasteiger partial charge < -0.3 is 9.73 Å². The summed E-state index contributed by atoms with van der Waals surface area (Å²) in [7, 11) is 0. The van der Waals surface area contributed by atoms with Crippen LogP contribution in [-0.4, -0.2) is 35.1 Å². The second-order valence-electron chi connectivity index (χ2n) is 6.10. The first-order valence-corrected chi connectivity index (χ1v) is 7.60. The molecule has 2 aliphatic rings. The van der Waals surface area contributed by atoms with E-state index in [-0.39, 0.29) is 6.04 Å². The standard InChI is InChI=1S/C15H25N3O/c1-4-13-8-16-14(12-5-6-12)9-18(13)11(3)15-17-7-10(2)19-15/h7,11-14,16H,4-6,8-9H2,1-3H3. The van der Waals surface area contributed by atoms with Gasteiger partial charge in [0.1, 0.15) is 5.76 Å². The maximum atomic E-state index is 5.73. The molecule has 0 amide bonds. The van der Waals surface area contributed by atoms with Gasteiger partial charge in [-0.05, 0) is 39.0 Å². The van der Waals surface area contributed by atoms with E-state index in [4.69, 9.17) is 4.42 Å². The molecule has 0 aromatic carbocycles. The van der Waals surface area contributed by atoms with Crippen LogP contribution in [0.1, 0.15) is 50.8 Å². The van der Waals surface area contributed by atoms with Crippen molar-refractivity contribution in [1.29, 1.82) is 0 Å². The molecule has 1 aliphatic carbocycles. The fourth-order valence-corrected chi connectivity index (χ4v) is 3.22. The number of nitrogens with one attached hydrogen (secondary N) is 1. The molecular weight excluding hydrogens is 238 g/mol. The van der Waals surface area contributed by atoms with E-state index in [1.165, 1.54) is 19.3 Å². The lowest BCUT2D eigenvalue weighted by atomic mass is 10.0. The second-order valence-corrected chi connectivity index (χ2v) is 6.10. The van der Waals surface area contributed by atoms with Gasteiger partial charge in [-0.1, -0.05) is 6.92 Å². The summed E-state index contributed by atoms with van der Waals surface area (Å²) in [6.07, 6.45) is 5.80. The smallest absolute Gasteiger partial charge is 0.211 e. The van der Waals surface area contributed by atoms with E-state index in [9.17, 15) is 0 Å². The molecule has 1 aromatic rings. The Morgan fingerprint density at radius 2 is 2.32 bits per heavy atom. The lowest BCUT2D eigenvalue weighted by Gasteiger charge is -2.42. The maximum absolute atomic E-state index is 5.73. The van der Waals surface area contributed by atoms with Crippen LogP contribution in [0.25, 0.3) is 0 Å². The van der Waals surface area contributed by atoms with Crippen molar-refractivity contribution in [3.63, 3.8) is 0 Å². The van der Waals surface area contributed by atoms with Crippen molar-refractivity contribution >= 4 is 0 Å². The van der Waals surface area contributed by atoms with Gasteiger partial charge in [-0.25, -0.2) is 4.98 Å². The SMILES string of the molecule is CCC1CNC(C2CC2)CN1C(C)c1ncc(C)o1. The minimum absolute atomic E-state index is 0.280. The van der Waals surface area contributed by atoms with Gasteiger partial charge in [0.25, 0.3) is 0 Å². The molecule has 3 rings (SSSR count). The number of hydrogen-bond acceptors (Lipinski definition) is 4. The summed E-state index contributed by atoms with van der Waals surface area (Å²) >= 11 is 0. The molecule has 4 nitrogen and oxygen atoms in total. The zero-order chi connectivity index (χ0) is 13.4. The number of oxazole rings is 1. The molecule has 0 spiro atoms. The average molecular weight is 263 g/mol. The van der Waals surface area contributed by atoms with Crippen molar-refractivity contribution in [2.24, 2.45) is 5.92 Å². The number of aryl methyl sites for hydroxylation is 1. The molecule has 1 N–H and O–H groups in total. The fraction of sp³-hybridized carbons (Fsp3) is 0.800. The zero-order valence-electron chi connectivity index (χ0n) is 12.2. The highest BCUT2D eigenvalue weighted by Gasteiger charge is 2.39. The van der Waals surface area contributed by atoms with E-state index < -0.39 is 0 Å². The molecular formula is C15H25N3O. The van der Waals surface area contributed by atoms with Crippen molar-refractivity contribution in [2.75, 3.05) is 13.1 Å². The molecule has 4 heteroatoms. The van der Waals surface area contributed by atoms with E-state index in [1.807, 2.05) is 13.1 Å². The molecule has 1 aromatic heterocycles. The summed E-state index contributed by atoms with van der Waals surface area (Å²) in [4.78, 5) is 7.00. The molecule has 106 valence electrons. The van der Waals surface area contributed by atoms with Gasteiger partial charge in [0, 0.05) is 25.2 Å². The van der Waals surface area contributed by atoms with Crippen LogP contribution in [0.5, 0.6) is 0 Å². The molecule has 19 heavy (non-hydrogen) atoms. The fourth-order valence-electron chi connectivity index (χ4n) is 3.22. The van der Waals surface area contributed by atoms with Crippen LogP contribution in [0.4, 0.5) is 0 Å². The minimum Gasteiger partial charge on any atom is -0.444 e. The number of aromatic nitrogens is 1. The topological polar surface area (TPSA) is 41.3 Å². The predicted molar refractivity (Wildman–Crippen MR) is 75.0 cm³/mol. The van der Waals surface area contributed by atoms with Gasteiger partial charge in [0.2, 0.25) is 5.89 Å². The number of nitrogens with zero attached hydrogens (tertiary/aromatic N) is 2.